The third kappa shape index (κ3) is 4.99. The van der Waals surface area contributed by atoms with Gasteiger partial charge < -0.3 is 20.7 Å². The summed E-state index contributed by atoms with van der Waals surface area (Å²) >= 11 is 0. The van der Waals surface area contributed by atoms with Gasteiger partial charge in [-0.05, 0) is 37.1 Å². The Balaban J connectivity index is 1.51. The zero-order chi connectivity index (χ0) is 19.2. The lowest BCUT2D eigenvalue weighted by Gasteiger charge is -2.30. The van der Waals surface area contributed by atoms with Crippen molar-refractivity contribution in [2.45, 2.75) is 32.7 Å². The van der Waals surface area contributed by atoms with Crippen molar-refractivity contribution in [3.05, 3.63) is 23.8 Å². The standard InChI is InChI=1S/C20H30N4O3/c1-3-14(2)18-20(26)23-17-13-15(5-6-16(17)22-18)19(25)21-7-4-8-24-9-11-27-12-10-24/h5-6,13-14,18,22H,3-4,7-12H2,1-2H3,(H,21,25)(H,23,26)/t14-,18+/m0/s1. The number of benzene rings is 1. The van der Waals surface area contributed by atoms with Crippen LogP contribution in [0.25, 0.3) is 0 Å². The van der Waals surface area contributed by atoms with E-state index in [1.54, 1.807) is 12.1 Å². The molecular weight excluding hydrogens is 344 g/mol. The van der Waals surface area contributed by atoms with Crippen molar-refractivity contribution in [3.63, 3.8) is 0 Å². The second-order valence-corrected chi connectivity index (χ2v) is 7.32. The Morgan fingerprint density at radius 3 is 2.85 bits per heavy atom. The first-order valence-electron chi connectivity index (χ1n) is 9.88. The van der Waals surface area contributed by atoms with Gasteiger partial charge in [0.15, 0.2) is 0 Å². The summed E-state index contributed by atoms with van der Waals surface area (Å²) in [7, 11) is 0. The van der Waals surface area contributed by atoms with Crippen molar-refractivity contribution in [3.8, 4) is 0 Å². The zero-order valence-corrected chi connectivity index (χ0v) is 16.2. The number of ether oxygens (including phenoxy) is 1. The molecule has 2 aliphatic heterocycles. The van der Waals surface area contributed by atoms with Crippen molar-refractivity contribution < 1.29 is 14.3 Å². The number of carbonyl (C=O) groups is 2. The number of fused-ring (bicyclic) bond motifs is 1. The predicted molar refractivity (Wildman–Crippen MR) is 106 cm³/mol. The van der Waals surface area contributed by atoms with Gasteiger partial charge >= 0.3 is 0 Å². The summed E-state index contributed by atoms with van der Waals surface area (Å²) in [5, 5.41) is 9.19. The van der Waals surface area contributed by atoms with Crippen molar-refractivity contribution in [2.24, 2.45) is 5.92 Å². The molecule has 3 rings (SSSR count). The van der Waals surface area contributed by atoms with E-state index in [2.05, 4.69) is 34.7 Å². The van der Waals surface area contributed by atoms with Crippen LogP contribution in [0.3, 0.4) is 0 Å². The van der Waals surface area contributed by atoms with Crippen LogP contribution in [-0.4, -0.2) is 62.1 Å². The van der Waals surface area contributed by atoms with E-state index in [1.165, 1.54) is 0 Å². The molecule has 0 radical (unpaired) electrons. The number of nitrogens with one attached hydrogen (secondary N) is 3. The minimum atomic E-state index is -0.234. The third-order valence-corrected chi connectivity index (χ3v) is 5.39. The summed E-state index contributed by atoms with van der Waals surface area (Å²) in [4.78, 5) is 27.1. The summed E-state index contributed by atoms with van der Waals surface area (Å²) in [6, 6.07) is 5.17. The normalized spacial score (nSPS) is 21.0. The van der Waals surface area contributed by atoms with E-state index in [9.17, 15) is 9.59 Å². The van der Waals surface area contributed by atoms with E-state index in [0.29, 0.717) is 17.8 Å². The molecule has 1 aromatic carbocycles. The topological polar surface area (TPSA) is 82.7 Å². The fourth-order valence-corrected chi connectivity index (χ4v) is 3.43. The summed E-state index contributed by atoms with van der Waals surface area (Å²) in [6.07, 6.45) is 1.83. The van der Waals surface area contributed by atoms with Gasteiger partial charge in [0, 0.05) is 25.2 Å². The molecule has 1 aromatic rings. The smallest absolute Gasteiger partial charge is 0.251 e. The minimum Gasteiger partial charge on any atom is -0.379 e. The van der Waals surface area contributed by atoms with Gasteiger partial charge in [-0.1, -0.05) is 20.3 Å². The van der Waals surface area contributed by atoms with Gasteiger partial charge in [-0.15, -0.1) is 0 Å². The van der Waals surface area contributed by atoms with Crippen molar-refractivity contribution in [1.82, 2.24) is 10.2 Å². The van der Waals surface area contributed by atoms with Crippen LogP contribution in [0.4, 0.5) is 11.4 Å². The lowest BCUT2D eigenvalue weighted by atomic mass is 9.95. The Morgan fingerprint density at radius 2 is 2.11 bits per heavy atom. The largest absolute Gasteiger partial charge is 0.379 e. The summed E-state index contributed by atoms with van der Waals surface area (Å²) < 4.78 is 5.33. The molecule has 1 saturated heterocycles. The first-order chi connectivity index (χ1) is 13.1. The maximum atomic E-state index is 12.4. The average molecular weight is 374 g/mol. The molecule has 7 heteroatoms. The van der Waals surface area contributed by atoms with E-state index >= 15 is 0 Å². The number of rotatable bonds is 7. The van der Waals surface area contributed by atoms with Crippen molar-refractivity contribution in [2.75, 3.05) is 50.0 Å². The molecule has 0 bridgehead atoms. The Kier molecular flexibility index (Phi) is 6.68. The number of hydrogen-bond donors (Lipinski definition) is 3. The number of carbonyl (C=O) groups excluding carboxylic acids is 2. The Labute approximate surface area is 160 Å². The van der Waals surface area contributed by atoms with Gasteiger partial charge in [0.2, 0.25) is 5.91 Å². The second kappa shape index (κ2) is 9.19. The first-order valence-corrected chi connectivity index (χ1v) is 9.88. The van der Waals surface area contributed by atoms with Gasteiger partial charge in [0.25, 0.3) is 5.91 Å². The Bertz CT molecular complexity index is 673. The number of anilines is 2. The number of amides is 2. The highest BCUT2D eigenvalue weighted by molar-refractivity contribution is 6.05. The molecule has 0 unspecified atom stereocenters. The Hall–Kier alpha value is -2.12. The number of nitrogens with zero attached hydrogens (tertiary/aromatic N) is 1. The van der Waals surface area contributed by atoms with Crippen LogP contribution in [0.5, 0.6) is 0 Å². The van der Waals surface area contributed by atoms with Gasteiger partial charge in [0.05, 0.1) is 24.6 Å². The quantitative estimate of drug-likeness (QED) is 0.635. The molecule has 0 aliphatic carbocycles. The van der Waals surface area contributed by atoms with Crippen LogP contribution < -0.4 is 16.0 Å². The third-order valence-electron chi connectivity index (χ3n) is 5.39. The van der Waals surface area contributed by atoms with Crippen LogP contribution >= 0.6 is 0 Å². The van der Waals surface area contributed by atoms with Gasteiger partial charge in [-0.3, -0.25) is 14.5 Å². The molecule has 2 heterocycles. The SMILES string of the molecule is CC[C@H](C)[C@H]1Nc2ccc(C(=O)NCCCN3CCOCC3)cc2NC1=O. The van der Waals surface area contributed by atoms with E-state index in [1.807, 2.05) is 6.07 Å². The van der Waals surface area contributed by atoms with Crippen LogP contribution in [0.15, 0.2) is 18.2 Å². The van der Waals surface area contributed by atoms with Crippen molar-refractivity contribution >= 4 is 23.2 Å². The molecule has 3 N–H and O–H groups in total. The molecular formula is C20H30N4O3. The van der Waals surface area contributed by atoms with Crippen LogP contribution in [0.2, 0.25) is 0 Å². The van der Waals surface area contributed by atoms with Crippen LogP contribution in [0.1, 0.15) is 37.0 Å². The van der Waals surface area contributed by atoms with E-state index < -0.39 is 0 Å². The maximum Gasteiger partial charge on any atom is 0.251 e. The highest BCUT2D eigenvalue weighted by Gasteiger charge is 2.29. The molecule has 0 spiro atoms. The fraction of sp³-hybridized carbons (Fsp3) is 0.600. The monoisotopic (exact) mass is 374 g/mol. The summed E-state index contributed by atoms with van der Waals surface area (Å²) in [5.74, 6) is 0.0885. The summed E-state index contributed by atoms with van der Waals surface area (Å²) in [5.41, 5.74) is 2.09. The van der Waals surface area contributed by atoms with Gasteiger partial charge in [0.1, 0.15) is 6.04 Å². The molecule has 0 aromatic heterocycles. The molecule has 0 saturated carbocycles. The van der Waals surface area contributed by atoms with E-state index in [0.717, 1.165) is 51.4 Å². The number of morpholine rings is 1. The molecule has 2 amide bonds. The molecule has 7 nitrogen and oxygen atoms in total. The minimum absolute atomic E-state index is 0.0417. The molecule has 2 atom stereocenters. The fourth-order valence-electron chi connectivity index (χ4n) is 3.43. The zero-order valence-electron chi connectivity index (χ0n) is 16.2. The van der Waals surface area contributed by atoms with Gasteiger partial charge in [-0.25, -0.2) is 0 Å². The highest BCUT2D eigenvalue weighted by atomic mass is 16.5. The molecule has 2 aliphatic rings. The molecule has 148 valence electrons. The molecule has 27 heavy (non-hydrogen) atoms. The van der Waals surface area contributed by atoms with E-state index in [4.69, 9.17) is 4.74 Å². The Morgan fingerprint density at radius 1 is 1.33 bits per heavy atom. The number of hydrogen-bond acceptors (Lipinski definition) is 5. The van der Waals surface area contributed by atoms with Crippen LogP contribution in [-0.2, 0) is 9.53 Å². The second-order valence-electron chi connectivity index (χ2n) is 7.32. The lowest BCUT2D eigenvalue weighted by molar-refractivity contribution is -0.118. The maximum absolute atomic E-state index is 12.4. The average Bonchev–Trinajstić information content (AvgIpc) is 2.70. The van der Waals surface area contributed by atoms with Crippen LogP contribution in [0, 0.1) is 5.92 Å². The summed E-state index contributed by atoms with van der Waals surface area (Å²) in [6.45, 7) is 9.23. The first kappa shape index (κ1) is 19.6. The van der Waals surface area contributed by atoms with E-state index in [-0.39, 0.29) is 23.8 Å². The predicted octanol–water partition coefficient (Wildman–Crippen LogP) is 1.92. The lowest BCUT2D eigenvalue weighted by Crippen LogP contribution is -2.43. The van der Waals surface area contributed by atoms with Gasteiger partial charge in [-0.2, -0.15) is 0 Å². The van der Waals surface area contributed by atoms with Crippen molar-refractivity contribution in [1.29, 1.82) is 0 Å². The highest BCUT2D eigenvalue weighted by Crippen LogP contribution is 2.30. The molecule has 1 fully saturated rings.